The molecule has 0 aliphatic carbocycles. The average molecular weight is 387 g/mol. The van der Waals surface area contributed by atoms with Gasteiger partial charge in [0.25, 0.3) is 5.91 Å². The fourth-order valence-electron chi connectivity index (χ4n) is 2.98. The van der Waals surface area contributed by atoms with Crippen molar-refractivity contribution in [3.63, 3.8) is 0 Å². The summed E-state index contributed by atoms with van der Waals surface area (Å²) in [6, 6.07) is 13.4. The van der Waals surface area contributed by atoms with Gasteiger partial charge in [-0.05, 0) is 35.4 Å². The molecule has 3 aromatic rings. The van der Waals surface area contributed by atoms with Crippen molar-refractivity contribution in [2.24, 2.45) is 0 Å². The van der Waals surface area contributed by atoms with Crippen LogP contribution in [0.4, 0.5) is 4.39 Å². The maximum Gasteiger partial charge on any atom is 0.274 e. The normalized spacial score (nSPS) is 16.0. The fraction of sp³-hybridized carbons (Fsp3) is 0.211. The third kappa shape index (κ3) is 3.84. The van der Waals surface area contributed by atoms with Crippen LogP contribution in [-0.4, -0.2) is 20.9 Å². The number of fused-ring (bicyclic) bond motifs is 1. The van der Waals surface area contributed by atoms with Crippen molar-refractivity contribution in [2.45, 2.75) is 25.8 Å². The molecular formula is C19H16ClFN4O2. The fourth-order valence-corrected chi connectivity index (χ4v) is 3.19. The van der Waals surface area contributed by atoms with Crippen LogP contribution in [0.3, 0.4) is 0 Å². The number of nitrogens with one attached hydrogen (secondary N) is 1. The largest absolute Gasteiger partial charge is 0.365 e. The van der Waals surface area contributed by atoms with Crippen LogP contribution in [0.25, 0.3) is 0 Å². The maximum absolute atomic E-state index is 13.1. The van der Waals surface area contributed by atoms with Gasteiger partial charge in [0, 0.05) is 11.6 Å². The van der Waals surface area contributed by atoms with Gasteiger partial charge in [0.15, 0.2) is 5.69 Å². The van der Waals surface area contributed by atoms with Gasteiger partial charge in [-0.2, -0.15) is 0 Å². The van der Waals surface area contributed by atoms with Crippen molar-refractivity contribution in [3.8, 4) is 0 Å². The molecule has 4 rings (SSSR count). The number of hydrogen-bond acceptors (Lipinski definition) is 4. The Kier molecular flexibility index (Phi) is 4.87. The molecule has 2 aromatic carbocycles. The number of amides is 1. The van der Waals surface area contributed by atoms with Crippen LogP contribution in [-0.2, 0) is 24.4 Å². The Labute approximate surface area is 159 Å². The lowest BCUT2D eigenvalue weighted by atomic mass is 10.1. The Morgan fingerprint density at radius 2 is 2.11 bits per heavy atom. The lowest BCUT2D eigenvalue weighted by Gasteiger charge is -2.24. The van der Waals surface area contributed by atoms with E-state index >= 15 is 0 Å². The van der Waals surface area contributed by atoms with Crippen molar-refractivity contribution in [1.82, 2.24) is 20.3 Å². The molecule has 2 heterocycles. The van der Waals surface area contributed by atoms with Gasteiger partial charge in [-0.15, -0.1) is 5.10 Å². The number of carbonyl (C=O) groups is 1. The maximum atomic E-state index is 13.1. The number of benzene rings is 2. The molecule has 0 radical (unpaired) electrons. The average Bonchev–Trinajstić information content (AvgIpc) is 3.10. The molecule has 6 nitrogen and oxygen atoms in total. The Morgan fingerprint density at radius 1 is 1.30 bits per heavy atom. The van der Waals surface area contributed by atoms with Crippen molar-refractivity contribution in [3.05, 3.63) is 81.9 Å². The molecule has 1 N–H and O–H groups in total. The van der Waals surface area contributed by atoms with E-state index in [-0.39, 0.29) is 30.1 Å². The predicted molar refractivity (Wildman–Crippen MR) is 96.6 cm³/mol. The summed E-state index contributed by atoms with van der Waals surface area (Å²) >= 11 is 5.95. The second kappa shape index (κ2) is 7.46. The van der Waals surface area contributed by atoms with Crippen LogP contribution in [0, 0.1) is 5.82 Å². The standard InChI is InChI=1S/C19H16ClFN4O2/c20-14-3-1-2-12(8-14)9-22-19(26)18-16-11-27-17(10-25(16)24-23-18)13-4-6-15(21)7-5-13/h1-8,17H,9-11H2,(H,22,26). The number of carbonyl (C=O) groups excluding carboxylic acids is 1. The van der Waals surface area contributed by atoms with Gasteiger partial charge < -0.3 is 10.1 Å². The first-order valence-corrected chi connectivity index (χ1v) is 8.80. The molecule has 8 heteroatoms. The first-order chi connectivity index (χ1) is 13.1. The Hall–Kier alpha value is -2.77. The van der Waals surface area contributed by atoms with Crippen molar-refractivity contribution >= 4 is 17.5 Å². The molecule has 0 spiro atoms. The second-order valence-corrected chi connectivity index (χ2v) is 6.67. The predicted octanol–water partition coefficient (Wildman–Crippen LogP) is 3.27. The van der Waals surface area contributed by atoms with Crippen LogP contribution >= 0.6 is 11.6 Å². The van der Waals surface area contributed by atoms with Gasteiger partial charge in [-0.3, -0.25) is 4.79 Å². The highest BCUT2D eigenvalue weighted by atomic mass is 35.5. The van der Waals surface area contributed by atoms with E-state index in [9.17, 15) is 9.18 Å². The molecule has 0 bridgehead atoms. The van der Waals surface area contributed by atoms with E-state index in [2.05, 4.69) is 15.6 Å². The van der Waals surface area contributed by atoms with Crippen molar-refractivity contribution in [1.29, 1.82) is 0 Å². The Bertz CT molecular complexity index is 974. The van der Waals surface area contributed by atoms with E-state index in [1.807, 2.05) is 12.1 Å². The lowest BCUT2D eigenvalue weighted by Crippen LogP contribution is -2.27. The van der Waals surface area contributed by atoms with E-state index in [4.69, 9.17) is 16.3 Å². The molecule has 1 aliphatic heterocycles. The summed E-state index contributed by atoms with van der Waals surface area (Å²) < 4.78 is 20.6. The SMILES string of the molecule is O=C(NCc1cccc(Cl)c1)c1nnn2c1COC(c1ccc(F)cc1)C2. The number of rotatable bonds is 4. The first kappa shape index (κ1) is 17.6. The van der Waals surface area contributed by atoms with Crippen molar-refractivity contribution in [2.75, 3.05) is 0 Å². The molecule has 1 aromatic heterocycles. The molecular weight excluding hydrogens is 371 g/mol. The molecule has 1 aliphatic rings. The minimum Gasteiger partial charge on any atom is -0.365 e. The third-order valence-corrected chi connectivity index (χ3v) is 4.63. The van der Waals surface area contributed by atoms with Crippen LogP contribution in [0.15, 0.2) is 48.5 Å². The molecule has 0 saturated heterocycles. The van der Waals surface area contributed by atoms with Gasteiger partial charge in [0.05, 0.1) is 18.8 Å². The number of halogens is 2. The van der Waals surface area contributed by atoms with Crippen LogP contribution in [0.1, 0.15) is 33.4 Å². The molecule has 1 atom stereocenters. The van der Waals surface area contributed by atoms with E-state index in [1.54, 1.807) is 28.9 Å². The van der Waals surface area contributed by atoms with Gasteiger partial charge in [0.2, 0.25) is 0 Å². The van der Waals surface area contributed by atoms with E-state index in [0.29, 0.717) is 23.8 Å². The summed E-state index contributed by atoms with van der Waals surface area (Å²) in [7, 11) is 0. The quantitative estimate of drug-likeness (QED) is 0.747. The molecule has 138 valence electrons. The summed E-state index contributed by atoms with van der Waals surface area (Å²) in [6.07, 6.45) is -0.262. The molecule has 27 heavy (non-hydrogen) atoms. The van der Waals surface area contributed by atoms with Crippen LogP contribution < -0.4 is 5.32 Å². The highest BCUT2D eigenvalue weighted by molar-refractivity contribution is 6.30. The van der Waals surface area contributed by atoms with Gasteiger partial charge in [-0.25, -0.2) is 9.07 Å². The summed E-state index contributed by atoms with van der Waals surface area (Å²) in [5.41, 5.74) is 2.61. The Morgan fingerprint density at radius 3 is 2.89 bits per heavy atom. The topological polar surface area (TPSA) is 69.0 Å². The number of ether oxygens (including phenoxy) is 1. The summed E-state index contributed by atoms with van der Waals surface area (Å²) in [4.78, 5) is 12.5. The minimum absolute atomic E-state index is 0.203. The molecule has 0 fully saturated rings. The number of hydrogen-bond donors (Lipinski definition) is 1. The number of aromatic nitrogens is 3. The van der Waals surface area contributed by atoms with Crippen LogP contribution in [0.5, 0.6) is 0 Å². The van der Waals surface area contributed by atoms with E-state index < -0.39 is 0 Å². The van der Waals surface area contributed by atoms with Gasteiger partial charge >= 0.3 is 0 Å². The summed E-state index contributed by atoms with van der Waals surface area (Å²) in [5, 5.41) is 11.5. The zero-order valence-electron chi connectivity index (χ0n) is 14.2. The van der Waals surface area contributed by atoms with Crippen LogP contribution in [0.2, 0.25) is 5.02 Å². The zero-order chi connectivity index (χ0) is 18.8. The molecule has 1 unspecified atom stereocenters. The van der Waals surface area contributed by atoms with Gasteiger partial charge in [0.1, 0.15) is 11.9 Å². The number of nitrogens with zero attached hydrogens (tertiary/aromatic N) is 3. The van der Waals surface area contributed by atoms with Crippen molar-refractivity contribution < 1.29 is 13.9 Å². The zero-order valence-corrected chi connectivity index (χ0v) is 15.0. The monoisotopic (exact) mass is 386 g/mol. The van der Waals surface area contributed by atoms with E-state index in [0.717, 1.165) is 11.1 Å². The highest BCUT2D eigenvalue weighted by Crippen LogP contribution is 2.27. The Balaban J connectivity index is 1.44. The molecule has 0 saturated carbocycles. The summed E-state index contributed by atoms with van der Waals surface area (Å²) in [5.74, 6) is -0.616. The first-order valence-electron chi connectivity index (χ1n) is 8.42. The van der Waals surface area contributed by atoms with Gasteiger partial charge in [-0.1, -0.05) is 41.1 Å². The van der Waals surface area contributed by atoms with E-state index in [1.165, 1.54) is 12.1 Å². The second-order valence-electron chi connectivity index (χ2n) is 6.23. The minimum atomic E-state index is -0.319. The smallest absolute Gasteiger partial charge is 0.274 e. The third-order valence-electron chi connectivity index (χ3n) is 4.40. The summed E-state index contributed by atoms with van der Waals surface area (Å²) in [6.45, 7) is 0.954. The lowest BCUT2D eigenvalue weighted by molar-refractivity contribution is -0.00180. The molecule has 1 amide bonds. The highest BCUT2D eigenvalue weighted by Gasteiger charge is 2.27.